The minimum absolute atomic E-state index is 0.0140. The zero-order valence-corrected chi connectivity index (χ0v) is 12.3. The van der Waals surface area contributed by atoms with Crippen molar-refractivity contribution in [2.24, 2.45) is 0 Å². The van der Waals surface area contributed by atoms with Crippen molar-refractivity contribution in [1.82, 2.24) is 10.2 Å². The molecule has 5 heteroatoms. The molecule has 0 saturated heterocycles. The Morgan fingerprint density at radius 3 is 2.35 bits per heavy atom. The average Bonchev–Trinajstić information content (AvgIpc) is 2.39. The van der Waals surface area contributed by atoms with E-state index in [1.165, 1.54) is 0 Å². The first-order valence-corrected chi connectivity index (χ1v) is 6.78. The summed E-state index contributed by atoms with van der Waals surface area (Å²) in [6.07, 6.45) is 0. The molecule has 0 bridgehead atoms. The summed E-state index contributed by atoms with van der Waals surface area (Å²) in [7, 11) is 1.75. The number of nitrogens with one attached hydrogen (secondary N) is 1. The van der Waals surface area contributed by atoms with Crippen molar-refractivity contribution >= 4 is 11.7 Å². The molecule has 0 fully saturated rings. The van der Waals surface area contributed by atoms with Gasteiger partial charge in [0.15, 0.2) is 5.78 Å². The topological polar surface area (TPSA) is 58.6 Å². The Morgan fingerprint density at radius 2 is 1.80 bits per heavy atom. The number of hydrogen-bond acceptors (Lipinski definition) is 4. The summed E-state index contributed by atoms with van der Waals surface area (Å²) in [5.41, 5.74) is 0.621. The molecule has 0 aliphatic rings. The van der Waals surface area contributed by atoms with Crippen LogP contribution in [0.25, 0.3) is 0 Å². The van der Waals surface area contributed by atoms with Gasteiger partial charge in [0.25, 0.3) is 0 Å². The third kappa shape index (κ3) is 5.40. The molecule has 1 aromatic carbocycles. The van der Waals surface area contributed by atoms with Gasteiger partial charge in [0, 0.05) is 12.1 Å². The Morgan fingerprint density at radius 1 is 1.15 bits per heavy atom. The van der Waals surface area contributed by atoms with Gasteiger partial charge in [-0.15, -0.1) is 0 Å². The fraction of sp³-hybridized carbons (Fsp3) is 0.467. The Balaban J connectivity index is 2.51. The quantitative estimate of drug-likeness (QED) is 0.729. The number of hydrogen-bond donors (Lipinski definition) is 1. The molecule has 0 aliphatic carbocycles. The highest BCUT2D eigenvalue weighted by Gasteiger charge is 2.12. The Hall–Kier alpha value is -1.88. The lowest BCUT2D eigenvalue weighted by Crippen LogP contribution is -2.37. The second-order valence-corrected chi connectivity index (χ2v) is 4.51. The molecule has 1 N–H and O–H groups in total. The summed E-state index contributed by atoms with van der Waals surface area (Å²) >= 11 is 0. The van der Waals surface area contributed by atoms with Crippen molar-refractivity contribution in [3.63, 3.8) is 0 Å². The van der Waals surface area contributed by atoms with Gasteiger partial charge >= 0.3 is 0 Å². The van der Waals surface area contributed by atoms with Gasteiger partial charge in [-0.2, -0.15) is 0 Å². The lowest BCUT2D eigenvalue weighted by molar-refractivity contribution is -0.121. The highest BCUT2D eigenvalue weighted by molar-refractivity contribution is 5.97. The van der Waals surface area contributed by atoms with Crippen LogP contribution in [0.1, 0.15) is 24.2 Å². The predicted octanol–water partition coefficient (Wildman–Crippen LogP) is 1.34. The number of likely N-dealkylation sites (N-methyl/N-ethyl adjacent to an activating group) is 2. The molecule has 0 unspecified atom stereocenters. The molecular formula is C15H22N2O3. The predicted molar refractivity (Wildman–Crippen MR) is 78.1 cm³/mol. The molecule has 0 atom stereocenters. The van der Waals surface area contributed by atoms with Gasteiger partial charge < -0.3 is 10.1 Å². The summed E-state index contributed by atoms with van der Waals surface area (Å²) in [6.45, 7) is 5.40. The van der Waals surface area contributed by atoms with E-state index in [2.05, 4.69) is 5.32 Å². The number of nitrogens with zero attached hydrogens (tertiary/aromatic N) is 1. The highest BCUT2D eigenvalue weighted by Crippen LogP contribution is 2.12. The van der Waals surface area contributed by atoms with Gasteiger partial charge in [-0.3, -0.25) is 14.5 Å². The molecule has 0 aliphatic heterocycles. The first kappa shape index (κ1) is 16.2. The first-order chi connectivity index (χ1) is 9.56. The van der Waals surface area contributed by atoms with E-state index in [-0.39, 0.29) is 24.8 Å². The summed E-state index contributed by atoms with van der Waals surface area (Å²) in [5, 5.41) is 2.70. The lowest BCUT2D eigenvalue weighted by Gasteiger charge is -2.15. The first-order valence-electron chi connectivity index (χ1n) is 6.78. The minimum Gasteiger partial charge on any atom is -0.494 e. The summed E-state index contributed by atoms with van der Waals surface area (Å²) in [4.78, 5) is 25.2. The third-order valence-corrected chi connectivity index (χ3v) is 2.69. The van der Waals surface area contributed by atoms with Crippen LogP contribution in [0.4, 0.5) is 0 Å². The van der Waals surface area contributed by atoms with Crippen LogP contribution in [0, 0.1) is 0 Å². The number of ether oxygens (including phenoxy) is 1. The molecule has 110 valence electrons. The Kier molecular flexibility index (Phi) is 6.73. The van der Waals surface area contributed by atoms with E-state index >= 15 is 0 Å². The number of amides is 1. The zero-order valence-electron chi connectivity index (χ0n) is 12.3. The van der Waals surface area contributed by atoms with E-state index < -0.39 is 0 Å². The molecule has 1 aromatic rings. The van der Waals surface area contributed by atoms with Crippen LogP contribution in [-0.4, -0.2) is 49.9 Å². The molecular weight excluding hydrogens is 256 g/mol. The molecule has 1 rings (SSSR count). The van der Waals surface area contributed by atoms with Crippen LogP contribution >= 0.6 is 0 Å². The van der Waals surface area contributed by atoms with Crippen molar-refractivity contribution in [2.75, 3.05) is 33.3 Å². The van der Waals surface area contributed by atoms with Crippen LogP contribution in [0.5, 0.6) is 5.75 Å². The van der Waals surface area contributed by atoms with Crippen molar-refractivity contribution in [3.8, 4) is 5.75 Å². The average molecular weight is 278 g/mol. The molecule has 1 amide bonds. The summed E-state index contributed by atoms with van der Waals surface area (Å²) in [5.74, 6) is 0.661. The molecule has 20 heavy (non-hydrogen) atoms. The summed E-state index contributed by atoms with van der Waals surface area (Å²) in [6, 6.07) is 7.04. The van der Waals surface area contributed by atoms with Gasteiger partial charge in [-0.05, 0) is 45.2 Å². The van der Waals surface area contributed by atoms with E-state index in [1.54, 1.807) is 36.2 Å². The lowest BCUT2D eigenvalue weighted by atomic mass is 10.1. The zero-order chi connectivity index (χ0) is 15.0. The van der Waals surface area contributed by atoms with Gasteiger partial charge in [0.1, 0.15) is 5.75 Å². The fourth-order valence-corrected chi connectivity index (χ4v) is 1.79. The molecule has 0 saturated carbocycles. The number of ketones is 1. The second kappa shape index (κ2) is 8.32. The standard InChI is InChI=1S/C15H22N2O3/c1-4-16-15(19)11-17(3)10-14(18)12-6-8-13(9-7-12)20-5-2/h6-9H,4-5,10-11H2,1-3H3,(H,16,19). The van der Waals surface area contributed by atoms with Gasteiger partial charge in [-0.1, -0.05) is 0 Å². The molecule has 0 aromatic heterocycles. The monoisotopic (exact) mass is 278 g/mol. The summed E-state index contributed by atoms with van der Waals surface area (Å²) < 4.78 is 5.33. The fourth-order valence-electron chi connectivity index (χ4n) is 1.79. The molecule has 0 radical (unpaired) electrons. The number of rotatable bonds is 8. The van der Waals surface area contributed by atoms with Gasteiger partial charge in [0.2, 0.25) is 5.91 Å². The van der Waals surface area contributed by atoms with E-state index in [0.717, 1.165) is 5.75 Å². The molecule has 0 heterocycles. The van der Waals surface area contributed by atoms with Crippen LogP contribution in [0.3, 0.4) is 0 Å². The number of carbonyl (C=O) groups excluding carboxylic acids is 2. The number of benzene rings is 1. The maximum atomic E-state index is 12.0. The third-order valence-electron chi connectivity index (χ3n) is 2.69. The smallest absolute Gasteiger partial charge is 0.234 e. The van der Waals surface area contributed by atoms with E-state index in [4.69, 9.17) is 4.74 Å². The van der Waals surface area contributed by atoms with Gasteiger partial charge in [0.05, 0.1) is 19.7 Å². The van der Waals surface area contributed by atoms with Crippen LogP contribution in [0.2, 0.25) is 0 Å². The van der Waals surface area contributed by atoms with E-state index in [1.807, 2.05) is 13.8 Å². The van der Waals surface area contributed by atoms with Crippen molar-refractivity contribution < 1.29 is 14.3 Å². The largest absolute Gasteiger partial charge is 0.494 e. The number of Topliss-reactive ketones (excluding diaryl/α,β-unsaturated/α-hetero) is 1. The van der Waals surface area contributed by atoms with Crippen molar-refractivity contribution in [2.45, 2.75) is 13.8 Å². The van der Waals surface area contributed by atoms with E-state index in [9.17, 15) is 9.59 Å². The van der Waals surface area contributed by atoms with Crippen molar-refractivity contribution in [1.29, 1.82) is 0 Å². The molecule has 5 nitrogen and oxygen atoms in total. The van der Waals surface area contributed by atoms with Crippen LogP contribution < -0.4 is 10.1 Å². The molecule has 0 spiro atoms. The van der Waals surface area contributed by atoms with Crippen LogP contribution in [-0.2, 0) is 4.79 Å². The maximum absolute atomic E-state index is 12.0. The SMILES string of the molecule is CCNC(=O)CN(C)CC(=O)c1ccc(OCC)cc1. The van der Waals surface area contributed by atoms with E-state index in [0.29, 0.717) is 18.7 Å². The van der Waals surface area contributed by atoms with Gasteiger partial charge in [-0.25, -0.2) is 0 Å². The second-order valence-electron chi connectivity index (χ2n) is 4.51. The maximum Gasteiger partial charge on any atom is 0.234 e. The number of carbonyl (C=O) groups is 2. The Labute approximate surface area is 119 Å². The highest BCUT2D eigenvalue weighted by atomic mass is 16.5. The van der Waals surface area contributed by atoms with Crippen LogP contribution in [0.15, 0.2) is 24.3 Å². The normalized spacial score (nSPS) is 10.4. The van der Waals surface area contributed by atoms with Crippen molar-refractivity contribution in [3.05, 3.63) is 29.8 Å². The minimum atomic E-state index is -0.0745. The Bertz CT molecular complexity index is 443.